The largest absolute Gasteiger partial charge is 1.00 e. The number of fused-ring (bicyclic) bond motifs is 1. The maximum atomic E-state index is 14.1. The summed E-state index contributed by atoms with van der Waals surface area (Å²) in [7, 11) is -4.36. The van der Waals surface area contributed by atoms with Crippen molar-refractivity contribution < 1.29 is 76.4 Å². The van der Waals surface area contributed by atoms with Crippen molar-refractivity contribution in [3.8, 4) is 5.75 Å². The van der Waals surface area contributed by atoms with E-state index in [2.05, 4.69) is 10.6 Å². The molecule has 14 nitrogen and oxygen atoms in total. The van der Waals surface area contributed by atoms with E-state index in [-0.39, 0.29) is 72.5 Å². The Labute approximate surface area is 318 Å². The molecular weight excluding hydrogens is 691 g/mol. The van der Waals surface area contributed by atoms with Crippen molar-refractivity contribution in [3.63, 3.8) is 0 Å². The fourth-order valence-electron chi connectivity index (χ4n) is 5.66. The van der Waals surface area contributed by atoms with Gasteiger partial charge in [0.2, 0.25) is 17.7 Å². The molecule has 1 heterocycles. The second-order valence-corrected chi connectivity index (χ2v) is 13.8. The molecule has 1 aliphatic rings. The van der Waals surface area contributed by atoms with Crippen molar-refractivity contribution in [1.29, 1.82) is 0 Å². The molecule has 0 saturated heterocycles. The van der Waals surface area contributed by atoms with Gasteiger partial charge in [-0.25, -0.2) is 13.9 Å². The quantitative estimate of drug-likeness (QED) is 0.0357. The molecule has 3 aromatic carbocycles. The molecule has 0 fully saturated rings. The molecule has 0 radical (unpaired) electrons. The zero-order valence-electron chi connectivity index (χ0n) is 28.5. The van der Waals surface area contributed by atoms with Crippen LogP contribution in [0.3, 0.4) is 0 Å². The van der Waals surface area contributed by atoms with Crippen LogP contribution in [0.1, 0.15) is 53.0 Å². The van der Waals surface area contributed by atoms with E-state index in [1.165, 1.54) is 12.1 Å². The Morgan fingerprint density at radius 1 is 0.843 bits per heavy atom. The number of nitrogens with zero attached hydrogens (tertiary/aromatic N) is 1. The number of rotatable bonds is 17. The standard InChI is InChI=1S/C35H40N4O10S.Na/c1-22(2)19-28(29(32(41)38-45)21-39-34(43)26-11-6-7-12-27(26)35(39)44)31(40)37-30(33(42)36-24-9-4-3-5-10-24)20-23-13-15-25(16-14-23)49-17-8-18-50(46,47)48;/h3-7,9-16,22,28-30,45H,8,17-21H2,1-2H3,(H,36,42)(H,37,40)(H,38,41)(H,46,47,48);/q;+1/p-1. The summed E-state index contributed by atoms with van der Waals surface area (Å²) in [5.74, 6) is -6.35. The molecule has 3 atom stereocenters. The van der Waals surface area contributed by atoms with Crippen molar-refractivity contribution >= 4 is 45.3 Å². The molecule has 0 spiro atoms. The van der Waals surface area contributed by atoms with Gasteiger partial charge in [-0.05, 0) is 60.7 Å². The van der Waals surface area contributed by atoms with Crippen molar-refractivity contribution in [2.24, 2.45) is 17.8 Å². The molecule has 3 aromatic rings. The van der Waals surface area contributed by atoms with Gasteiger partial charge in [-0.15, -0.1) is 0 Å². The predicted molar refractivity (Wildman–Crippen MR) is 180 cm³/mol. The number of ether oxygens (including phenoxy) is 1. The second kappa shape index (κ2) is 18.9. The number of hydroxylamine groups is 1. The molecule has 1 aliphatic heterocycles. The Morgan fingerprint density at radius 2 is 1.43 bits per heavy atom. The summed E-state index contributed by atoms with van der Waals surface area (Å²) in [6.45, 7) is 3.14. The zero-order chi connectivity index (χ0) is 36.4. The second-order valence-electron chi connectivity index (χ2n) is 12.3. The molecule has 3 unspecified atom stereocenters. The van der Waals surface area contributed by atoms with Crippen molar-refractivity contribution in [2.45, 2.75) is 39.2 Å². The minimum Gasteiger partial charge on any atom is -0.748 e. The Bertz CT molecular complexity index is 1770. The van der Waals surface area contributed by atoms with Gasteiger partial charge in [-0.2, -0.15) is 0 Å². The Kier molecular flexibility index (Phi) is 15.3. The molecule has 0 aliphatic carbocycles. The molecule has 0 bridgehead atoms. The molecular formula is C35H39N4NaO10S. The smallest absolute Gasteiger partial charge is 0.748 e. The van der Waals surface area contributed by atoms with Crippen LogP contribution in [-0.2, 0) is 30.9 Å². The predicted octanol–water partition coefficient (Wildman–Crippen LogP) is -0.249. The Morgan fingerprint density at radius 3 is 1.98 bits per heavy atom. The minimum atomic E-state index is -4.36. The summed E-state index contributed by atoms with van der Waals surface area (Å²) >= 11 is 0. The number of benzene rings is 3. The van der Waals surface area contributed by atoms with E-state index >= 15 is 0 Å². The number of amides is 5. The molecule has 16 heteroatoms. The molecule has 0 saturated carbocycles. The summed E-state index contributed by atoms with van der Waals surface area (Å²) in [5.41, 5.74) is 2.99. The summed E-state index contributed by atoms with van der Waals surface area (Å²) in [4.78, 5) is 68.0. The van der Waals surface area contributed by atoms with Gasteiger partial charge in [0.1, 0.15) is 11.8 Å². The van der Waals surface area contributed by atoms with Crippen LogP contribution in [0.2, 0.25) is 0 Å². The normalized spacial score (nSPS) is 14.2. The first kappa shape index (κ1) is 41.3. The van der Waals surface area contributed by atoms with E-state index in [9.17, 15) is 42.2 Å². The molecule has 266 valence electrons. The topological polar surface area (TPSA) is 211 Å². The van der Waals surface area contributed by atoms with Gasteiger partial charge >= 0.3 is 29.6 Å². The van der Waals surface area contributed by atoms with Gasteiger partial charge in [0.25, 0.3) is 11.8 Å². The number of hydrogen-bond acceptors (Lipinski definition) is 10. The number of hydrogen-bond donors (Lipinski definition) is 4. The maximum Gasteiger partial charge on any atom is 1.00 e. The third-order valence-corrected chi connectivity index (χ3v) is 8.89. The first-order valence-corrected chi connectivity index (χ1v) is 17.6. The number of carbonyl (C=O) groups is 5. The van der Waals surface area contributed by atoms with Crippen molar-refractivity contribution in [3.05, 3.63) is 95.6 Å². The first-order valence-electron chi connectivity index (χ1n) is 16.0. The van der Waals surface area contributed by atoms with Gasteiger partial charge in [0.05, 0.1) is 39.7 Å². The Balaban J connectivity index is 0.00000702. The van der Waals surface area contributed by atoms with Gasteiger partial charge in [-0.1, -0.05) is 56.3 Å². The van der Waals surface area contributed by atoms with Crippen LogP contribution in [0.25, 0.3) is 0 Å². The molecule has 51 heavy (non-hydrogen) atoms. The van der Waals surface area contributed by atoms with Gasteiger partial charge in [-0.3, -0.25) is 34.1 Å². The first-order chi connectivity index (χ1) is 23.8. The van der Waals surface area contributed by atoms with Crippen LogP contribution in [-0.4, -0.2) is 77.6 Å². The van der Waals surface area contributed by atoms with Crippen LogP contribution in [0.5, 0.6) is 5.75 Å². The number of imide groups is 1. The monoisotopic (exact) mass is 730 g/mol. The van der Waals surface area contributed by atoms with Gasteiger partial charge in [0.15, 0.2) is 0 Å². The fourth-order valence-corrected chi connectivity index (χ4v) is 6.13. The summed E-state index contributed by atoms with van der Waals surface area (Å²) < 4.78 is 38.0. The van der Waals surface area contributed by atoms with Gasteiger partial charge in [0, 0.05) is 24.4 Å². The maximum absolute atomic E-state index is 14.1. The van der Waals surface area contributed by atoms with Crippen molar-refractivity contribution in [1.82, 2.24) is 15.7 Å². The number of para-hydroxylation sites is 1. The van der Waals surface area contributed by atoms with E-state index in [1.54, 1.807) is 72.2 Å². The van der Waals surface area contributed by atoms with E-state index in [0.717, 1.165) is 4.90 Å². The van der Waals surface area contributed by atoms with Crippen LogP contribution in [0.4, 0.5) is 5.69 Å². The van der Waals surface area contributed by atoms with Crippen molar-refractivity contribution in [2.75, 3.05) is 24.2 Å². The third-order valence-electron chi connectivity index (χ3n) is 8.10. The van der Waals surface area contributed by atoms with E-state index in [1.807, 2.05) is 13.8 Å². The summed E-state index contributed by atoms with van der Waals surface area (Å²) in [6.07, 6.45) is 0.129. The van der Waals surface area contributed by atoms with E-state index in [4.69, 9.17) is 4.74 Å². The van der Waals surface area contributed by atoms with Gasteiger partial charge < -0.3 is 19.9 Å². The number of anilines is 1. The Hall–Kier alpha value is -4.12. The number of nitrogens with one attached hydrogen (secondary N) is 3. The summed E-state index contributed by atoms with van der Waals surface area (Å²) in [6, 6.07) is 20.1. The summed E-state index contributed by atoms with van der Waals surface area (Å²) in [5, 5.41) is 15.2. The van der Waals surface area contributed by atoms with Crippen LogP contribution < -0.4 is 50.4 Å². The molecule has 4 N–H and O–H groups in total. The third kappa shape index (κ3) is 11.7. The SMILES string of the molecule is CC(C)CC(C(=O)NC(Cc1ccc(OCCCS(=O)(=O)[O-])cc1)C(=O)Nc1ccccc1)C(CN1C(=O)c2ccccc2C1=O)C(=O)NO.[Na+]. The molecule has 5 amide bonds. The van der Waals surface area contributed by atoms with Crippen LogP contribution in [0.15, 0.2) is 78.9 Å². The fraction of sp³-hybridized carbons (Fsp3) is 0.343. The molecule has 0 aromatic heterocycles. The van der Waals surface area contributed by atoms with Crippen LogP contribution >= 0.6 is 0 Å². The average molecular weight is 731 g/mol. The zero-order valence-corrected chi connectivity index (χ0v) is 31.4. The van der Waals surface area contributed by atoms with E-state index in [0.29, 0.717) is 17.0 Å². The van der Waals surface area contributed by atoms with Crippen LogP contribution in [0, 0.1) is 17.8 Å². The minimum absolute atomic E-state index is 0. The van der Waals surface area contributed by atoms with E-state index < -0.39 is 69.8 Å². The number of carbonyl (C=O) groups excluding carboxylic acids is 5. The molecule has 4 rings (SSSR count). The average Bonchev–Trinajstić information content (AvgIpc) is 3.32.